The van der Waals surface area contributed by atoms with Crippen LogP contribution in [-0.4, -0.2) is 38.3 Å². The van der Waals surface area contributed by atoms with Crippen LogP contribution in [0.4, 0.5) is 5.69 Å². The average molecular weight is 523 g/mol. The minimum absolute atomic E-state index is 0.106. The molecule has 1 N–H and O–H groups in total. The summed E-state index contributed by atoms with van der Waals surface area (Å²) < 4.78 is 35.2. The van der Waals surface area contributed by atoms with Crippen LogP contribution in [0.1, 0.15) is 48.8 Å². The van der Waals surface area contributed by atoms with Gasteiger partial charge in [0.2, 0.25) is 15.9 Å². The number of nitrogens with zero attached hydrogens (tertiary/aromatic N) is 1. The van der Waals surface area contributed by atoms with E-state index in [-0.39, 0.29) is 29.1 Å². The minimum Gasteiger partial charge on any atom is -0.495 e. The van der Waals surface area contributed by atoms with E-state index in [1.807, 2.05) is 39.0 Å². The SMILES string of the molecule is COc1ccc(C)cc1S(=O)(=O)N(CC(=O)Nc1c(C)cc(Br)cc1C)C1CCCCC1. The standard InChI is InChI=1S/C24H31BrN2O4S/c1-16-10-11-21(31-4)22(12-16)32(29,30)27(20-8-6-5-7-9-20)15-23(28)26-24-17(2)13-19(25)14-18(24)3/h10-14,20H,5-9,15H2,1-4H3,(H,26,28). The number of hydrogen-bond acceptors (Lipinski definition) is 4. The van der Waals surface area contributed by atoms with Crippen LogP contribution in [0.2, 0.25) is 0 Å². The average Bonchev–Trinajstić information content (AvgIpc) is 2.75. The second kappa shape index (κ2) is 10.4. The number of nitrogens with one attached hydrogen (secondary N) is 1. The first-order chi connectivity index (χ1) is 15.1. The molecule has 0 aromatic heterocycles. The van der Waals surface area contributed by atoms with Crippen molar-refractivity contribution in [2.45, 2.75) is 63.8 Å². The third-order valence-corrected chi connectivity index (χ3v) is 8.33. The Labute approximate surface area is 199 Å². The van der Waals surface area contributed by atoms with Crippen molar-refractivity contribution >= 4 is 37.5 Å². The van der Waals surface area contributed by atoms with Crippen LogP contribution in [0.5, 0.6) is 5.75 Å². The molecule has 0 spiro atoms. The first kappa shape index (κ1) is 24.7. The molecule has 0 bridgehead atoms. The zero-order valence-electron chi connectivity index (χ0n) is 19.1. The van der Waals surface area contributed by atoms with Crippen LogP contribution in [0.3, 0.4) is 0 Å². The van der Waals surface area contributed by atoms with E-state index in [1.54, 1.807) is 12.1 Å². The van der Waals surface area contributed by atoms with Gasteiger partial charge in [-0.15, -0.1) is 0 Å². The minimum atomic E-state index is -3.94. The Morgan fingerprint density at radius 2 is 1.72 bits per heavy atom. The molecular weight excluding hydrogens is 492 g/mol. The number of carbonyl (C=O) groups excluding carboxylic acids is 1. The van der Waals surface area contributed by atoms with Crippen LogP contribution in [0.25, 0.3) is 0 Å². The molecule has 2 aromatic carbocycles. The summed E-state index contributed by atoms with van der Waals surface area (Å²) in [5.41, 5.74) is 3.36. The van der Waals surface area contributed by atoms with E-state index < -0.39 is 10.0 Å². The third kappa shape index (κ3) is 5.53. The van der Waals surface area contributed by atoms with Gasteiger partial charge in [0.05, 0.1) is 13.7 Å². The molecule has 0 radical (unpaired) electrons. The number of benzene rings is 2. The Bertz CT molecular complexity index is 1070. The van der Waals surface area contributed by atoms with Crippen molar-refractivity contribution in [1.82, 2.24) is 4.31 Å². The summed E-state index contributed by atoms with van der Waals surface area (Å²) in [6.45, 7) is 5.44. The summed E-state index contributed by atoms with van der Waals surface area (Å²) in [7, 11) is -2.48. The van der Waals surface area contributed by atoms with Gasteiger partial charge in [-0.05, 0) is 74.6 Å². The molecular formula is C24H31BrN2O4S. The number of ether oxygens (including phenoxy) is 1. The second-order valence-corrected chi connectivity index (χ2v) is 11.2. The van der Waals surface area contributed by atoms with Crippen molar-refractivity contribution in [2.24, 2.45) is 0 Å². The second-order valence-electron chi connectivity index (χ2n) is 8.46. The lowest BCUT2D eigenvalue weighted by atomic mass is 9.95. The largest absolute Gasteiger partial charge is 0.495 e. The Morgan fingerprint density at radius 3 is 2.31 bits per heavy atom. The van der Waals surface area contributed by atoms with Gasteiger partial charge in [0.1, 0.15) is 10.6 Å². The van der Waals surface area contributed by atoms with Gasteiger partial charge in [0, 0.05) is 16.2 Å². The van der Waals surface area contributed by atoms with Gasteiger partial charge in [-0.25, -0.2) is 8.42 Å². The number of rotatable bonds is 7. The molecule has 0 saturated heterocycles. The highest BCUT2D eigenvalue weighted by Gasteiger charge is 2.36. The van der Waals surface area contributed by atoms with E-state index in [9.17, 15) is 13.2 Å². The molecule has 0 atom stereocenters. The van der Waals surface area contributed by atoms with Gasteiger partial charge in [-0.2, -0.15) is 4.31 Å². The molecule has 6 nitrogen and oxygen atoms in total. The first-order valence-electron chi connectivity index (χ1n) is 10.9. The van der Waals surface area contributed by atoms with E-state index >= 15 is 0 Å². The molecule has 1 saturated carbocycles. The highest BCUT2D eigenvalue weighted by atomic mass is 79.9. The molecule has 1 aliphatic rings. The topological polar surface area (TPSA) is 75.7 Å². The number of sulfonamides is 1. The van der Waals surface area contributed by atoms with E-state index in [0.29, 0.717) is 5.69 Å². The molecule has 174 valence electrons. The molecule has 0 aliphatic heterocycles. The molecule has 2 aromatic rings. The fourth-order valence-corrected chi connectivity index (χ4v) is 6.89. The Kier molecular flexibility index (Phi) is 8.01. The highest BCUT2D eigenvalue weighted by molar-refractivity contribution is 9.10. The van der Waals surface area contributed by atoms with E-state index in [2.05, 4.69) is 21.2 Å². The Hall–Kier alpha value is -1.90. The molecule has 0 heterocycles. The fourth-order valence-electron chi connectivity index (χ4n) is 4.32. The number of anilines is 1. The van der Waals surface area contributed by atoms with Crippen molar-refractivity contribution < 1.29 is 17.9 Å². The fraction of sp³-hybridized carbons (Fsp3) is 0.458. The van der Waals surface area contributed by atoms with Gasteiger partial charge < -0.3 is 10.1 Å². The maximum Gasteiger partial charge on any atom is 0.247 e. The number of carbonyl (C=O) groups is 1. The van der Waals surface area contributed by atoms with Crippen molar-refractivity contribution in [3.05, 3.63) is 51.5 Å². The van der Waals surface area contributed by atoms with Crippen LogP contribution in [-0.2, 0) is 14.8 Å². The van der Waals surface area contributed by atoms with Gasteiger partial charge >= 0.3 is 0 Å². The predicted molar refractivity (Wildman–Crippen MR) is 131 cm³/mol. The van der Waals surface area contributed by atoms with Crippen molar-refractivity contribution in [1.29, 1.82) is 0 Å². The monoisotopic (exact) mass is 522 g/mol. The summed E-state index contributed by atoms with van der Waals surface area (Å²) >= 11 is 3.46. The van der Waals surface area contributed by atoms with Gasteiger partial charge in [-0.3, -0.25) is 4.79 Å². The van der Waals surface area contributed by atoms with Gasteiger partial charge in [0.15, 0.2) is 0 Å². The number of methoxy groups -OCH3 is 1. The Morgan fingerprint density at radius 1 is 1.09 bits per heavy atom. The zero-order chi connectivity index (χ0) is 23.5. The predicted octanol–water partition coefficient (Wildman–Crippen LogP) is 5.35. The van der Waals surface area contributed by atoms with E-state index in [1.165, 1.54) is 11.4 Å². The van der Waals surface area contributed by atoms with Gasteiger partial charge in [-0.1, -0.05) is 41.3 Å². The van der Waals surface area contributed by atoms with E-state index in [0.717, 1.165) is 53.3 Å². The normalized spacial score (nSPS) is 15.1. The summed E-state index contributed by atoms with van der Waals surface area (Å²) in [5.74, 6) is -0.0595. The number of hydrogen-bond donors (Lipinski definition) is 1. The van der Waals surface area contributed by atoms with Crippen molar-refractivity contribution in [2.75, 3.05) is 19.0 Å². The molecule has 1 aliphatic carbocycles. The van der Waals surface area contributed by atoms with Crippen LogP contribution >= 0.6 is 15.9 Å². The summed E-state index contributed by atoms with van der Waals surface area (Å²) in [5, 5.41) is 2.94. The van der Waals surface area contributed by atoms with Crippen LogP contribution in [0.15, 0.2) is 39.7 Å². The molecule has 32 heavy (non-hydrogen) atoms. The summed E-state index contributed by atoms with van der Waals surface area (Å²) in [6.07, 6.45) is 4.48. The number of aryl methyl sites for hydroxylation is 3. The number of amides is 1. The smallest absolute Gasteiger partial charge is 0.247 e. The first-order valence-corrected chi connectivity index (χ1v) is 13.1. The van der Waals surface area contributed by atoms with E-state index in [4.69, 9.17) is 4.74 Å². The molecule has 1 fully saturated rings. The molecule has 8 heteroatoms. The van der Waals surface area contributed by atoms with Crippen LogP contribution in [0, 0.1) is 20.8 Å². The quantitative estimate of drug-likeness (QED) is 0.531. The lowest BCUT2D eigenvalue weighted by Gasteiger charge is -2.33. The highest BCUT2D eigenvalue weighted by Crippen LogP contribution is 2.33. The molecule has 3 rings (SSSR count). The maximum atomic E-state index is 13.8. The van der Waals surface area contributed by atoms with Crippen LogP contribution < -0.4 is 10.1 Å². The summed E-state index contributed by atoms with van der Waals surface area (Å²) in [4.78, 5) is 13.2. The molecule has 0 unspecified atom stereocenters. The zero-order valence-corrected chi connectivity index (χ0v) is 21.5. The third-order valence-electron chi connectivity index (χ3n) is 5.95. The van der Waals surface area contributed by atoms with Crippen molar-refractivity contribution in [3.8, 4) is 5.75 Å². The van der Waals surface area contributed by atoms with Crippen molar-refractivity contribution in [3.63, 3.8) is 0 Å². The maximum absolute atomic E-state index is 13.8. The van der Waals surface area contributed by atoms with Gasteiger partial charge in [0.25, 0.3) is 0 Å². The Balaban J connectivity index is 1.95. The molecule has 1 amide bonds. The lowest BCUT2D eigenvalue weighted by molar-refractivity contribution is -0.116. The number of halogens is 1. The summed E-state index contributed by atoms with van der Waals surface area (Å²) in [6, 6.07) is 8.73. The lowest BCUT2D eigenvalue weighted by Crippen LogP contribution is -2.45.